The van der Waals surface area contributed by atoms with Crippen LogP contribution in [-0.2, 0) is 14.4 Å². The van der Waals surface area contributed by atoms with E-state index < -0.39 is 16.6 Å². The summed E-state index contributed by atoms with van der Waals surface area (Å²) in [6.07, 6.45) is -0.0464. The number of thioether (sulfide) groups is 1. The number of amides is 2. The summed E-state index contributed by atoms with van der Waals surface area (Å²) in [7, 11) is 0. The molecule has 2 amide bonds. The van der Waals surface area contributed by atoms with Crippen LogP contribution in [0, 0.1) is 0 Å². The molecule has 0 aliphatic carbocycles. The molecule has 1 aliphatic rings. The molecule has 1 saturated heterocycles. The number of carbonyl (C=O) groups excluding carboxylic acids is 2. The van der Waals surface area contributed by atoms with Gasteiger partial charge in [-0.15, -0.1) is 11.8 Å². The van der Waals surface area contributed by atoms with E-state index in [9.17, 15) is 9.59 Å². The van der Waals surface area contributed by atoms with Crippen LogP contribution in [0.25, 0.3) is 0 Å². The fourth-order valence-electron chi connectivity index (χ4n) is 2.19. The van der Waals surface area contributed by atoms with Gasteiger partial charge < -0.3 is 15.4 Å². The van der Waals surface area contributed by atoms with E-state index >= 15 is 0 Å². The average molecular weight is 322 g/mol. The van der Waals surface area contributed by atoms with Crippen LogP contribution in [0.2, 0.25) is 0 Å². The lowest BCUT2D eigenvalue weighted by molar-refractivity contribution is -0.120. The average Bonchev–Trinajstić information content (AvgIpc) is 2.61. The van der Waals surface area contributed by atoms with Gasteiger partial charge in [0, 0.05) is 12.2 Å². The Morgan fingerprint density at radius 3 is 2.64 bits per heavy atom. The molecule has 0 saturated carbocycles. The fourth-order valence-corrected chi connectivity index (χ4v) is 3.46. The summed E-state index contributed by atoms with van der Waals surface area (Å²) in [4.78, 5) is 23.2. The molecule has 0 bridgehead atoms. The molecule has 120 valence electrons. The van der Waals surface area contributed by atoms with Crippen LogP contribution in [0.3, 0.4) is 0 Å². The van der Waals surface area contributed by atoms with Crippen molar-refractivity contribution in [2.24, 2.45) is 0 Å². The van der Waals surface area contributed by atoms with Gasteiger partial charge in [0.25, 0.3) is 0 Å². The molecule has 1 atom stereocenters. The molecule has 6 heteroatoms. The summed E-state index contributed by atoms with van der Waals surface area (Å²) in [6.45, 7) is 5.80. The van der Waals surface area contributed by atoms with E-state index in [4.69, 9.17) is 4.74 Å². The Bertz CT molecular complexity index is 542. The highest BCUT2D eigenvalue weighted by Gasteiger charge is 2.38. The zero-order valence-electron chi connectivity index (χ0n) is 13.1. The lowest BCUT2D eigenvalue weighted by Gasteiger charge is -2.34. The van der Waals surface area contributed by atoms with Crippen molar-refractivity contribution in [2.45, 2.75) is 37.7 Å². The van der Waals surface area contributed by atoms with E-state index in [0.717, 1.165) is 5.56 Å². The summed E-state index contributed by atoms with van der Waals surface area (Å²) in [5.41, 5.74) is 0.369. The quantitative estimate of drug-likeness (QED) is 0.878. The molecule has 0 radical (unpaired) electrons. The van der Waals surface area contributed by atoms with Crippen molar-refractivity contribution in [1.82, 2.24) is 10.6 Å². The summed E-state index contributed by atoms with van der Waals surface area (Å²) in [5, 5.41) is 5.82. The van der Waals surface area contributed by atoms with Crippen molar-refractivity contribution in [3.8, 4) is 0 Å². The molecule has 0 aromatic heterocycles. The Morgan fingerprint density at radius 1 is 1.32 bits per heavy atom. The number of hydrogen-bond acceptors (Lipinski definition) is 4. The van der Waals surface area contributed by atoms with Gasteiger partial charge in [0.15, 0.2) is 0 Å². The second kappa shape index (κ2) is 6.60. The largest absolute Gasteiger partial charge is 0.444 e. The summed E-state index contributed by atoms with van der Waals surface area (Å²) >= 11 is 1.55. The first-order chi connectivity index (χ1) is 10.3. The van der Waals surface area contributed by atoms with E-state index in [1.165, 1.54) is 0 Å². The van der Waals surface area contributed by atoms with Crippen molar-refractivity contribution < 1.29 is 14.3 Å². The zero-order valence-corrected chi connectivity index (χ0v) is 14.0. The van der Waals surface area contributed by atoms with Gasteiger partial charge in [-0.25, -0.2) is 4.79 Å². The van der Waals surface area contributed by atoms with Crippen molar-refractivity contribution in [3.05, 3.63) is 35.9 Å². The number of nitrogens with one attached hydrogen (secondary N) is 2. The molecule has 1 heterocycles. The molecule has 22 heavy (non-hydrogen) atoms. The van der Waals surface area contributed by atoms with Crippen LogP contribution < -0.4 is 10.6 Å². The van der Waals surface area contributed by atoms with Gasteiger partial charge in [-0.05, 0) is 26.3 Å². The standard InChI is InChI=1S/C16H22N2O3S/c1-15(2,3)21-14(20)18-16(12-7-5-4-6-8-12)11-17-13(19)9-10-22-16/h4-8H,9-11H2,1-3H3,(H,17,19)(H,18,20)/t16-/m0/s1. The van der Waals surface area contributed by atoms with E-state index in [-0.39, 0.29) is 5.91 Å². The molecule has 2 N–H and O–H groups in total. The summed E-state index contributed by atoms with van der Waals surface area (Å²) in [6, 6.07) is 9.65. The van der Waals surface area contributed by atoms with Crippen LogP contribution in [0.4, 0.5) is 4.79 Å². The maximum Gasteiger partial charge on any atom is 0.409 e. The minimum Gasteiger partial charge on any atom is -0.444 e. The Labute approximate surface area is 135 Å². The maximum absolute atomic E-state index is 12.2. The predicted octanol–water partition coefficient (Wildman–Crippen LogP) is 2.62. The second-order valence-corrected chi connectivity index (χ2v) is 7.59. The van der Waals surface area contributed by atoms with Gasteiger partial charge in [0.1, 0.15) is 10.5 Å². The molecule has 2 rings (SSSR count). The van der Waals surface area contributed by atoms with Gasteiger partial charge >= 0.3 is 6.09 Å². The normalized spacial score (nSPS) is 22.4. The highest BCUT2D eigenvalue weighted by Crippen LogP contribution is 2.35. The monoisotopic (exact) mass is 322 g/mol. The number of benzene rings is 1. The first kappa shape index (κ1) is 16.7. The predicted molar refractivity (Wildman–Crippen MR) is 87.6 cm³/mol. The topological polar surface area (TPSA) is 67.4 Å². The molecule has 5 nitrogen and oxygen atoms in total. The van der Waals surface area contributed by atoms with E-state index in [2.05, 4.69) is 10.6 Å². The molecular formula is C16H22N2O3S. The van der Waals surface area contributed by atoms with E-state index in [1.807, 2.05) is 51.1 Å². The maximum atomic E-state index is 12.2. The minimum absolute atomic E-state index is 0.00343. The molecular weight excluding hydrogens is 300 g/mol. The Balaban J connectivity index is 2.26. The third kappa shape index (κ3) is 4.40. The van der Waals surface area contributed by atoms with Crippen LogP contribution >= 0.6 is 11.8 Å². The Morgan fingerprint density at radius 2 is 2.00 bits per heavy atom. The van der Waals surface area contributed by atoms with Gasteiger partial charge in [-0.3, -0.25) is 4.79 Å². The number of alkyl carbamates (subject to hydrolysis) is 1. The van der Waals surface area contributed by atoms with Crippen LogP contribution in [-0.4, -0.2) is 29.9 Å². The highest BCUT2D eigenvalue weighted by atomic mass is 32.2. The molecule has 1 aromatic rings. The molecule has 1 aromatic carbocycles. The first-order valence-corrected chi connectivity index (χ1v) is 8.27. The van der Waals surface area contributed by atoms with Crippen LogP contribution in [0.15, 0.2) is 30.3 Å². The molecule has 1 aliphatic heterocycles. The van der Waals surface area contributed by atoms with Crippen molar-refractivity contribution in [2.75, 3.05) is 12.3 Å². The second-order valence-electron chi connectivity index (χ2n) is 6.20. The third-order valence-electron chi connectivity index (χ3n) is 3.16. The van der Waals surface area contributed by atoms with Crippen molar-refractivity contribution in [1.29, 1.82) is 0 Å². The minimum atomic E-state index is -0.713. The van der Waals surface area contributed by atoms with Gasteiger partial charge in [-0.1, -0.05) is 30.3 Å². The summed E-state index contributed by atoms with van der Waals surface area (Å²) in [5.74, 6) is 0.632. The molecule has 1 fully saturated rings. The van der Waals surface area contributed by atoms with E-state index in [0.29, 0.717) is 18.7 Å². The number of hydrogen-bond donors (Lipinski definition) is 2. The van der Waals surface area contributed by atoms with E-state index in [1.54, 1.807) is 11.8 Å². The highest BCUT2D eigenvalue weighted by molar-refractivity contribution is 8.00. The van der Waals surface area contributed by atoms with Gasteiger partial charge in [0.05, 0.1) is 6.54 Å². The Hall–Kier alpha value is -1.69. The van der Waals surface area contributed by atoms with Crippen molar-refractivity contribution >= 4 is 23.8 Å². The number of carbonyl (C=O) groups is 2. The Kier molecular flexibility index (Phi) is 5.01. The number of ether oxygens (including phenoxy) is 1. The van der Waals surface area contributed by atoms with Crippen LogP contribution in [0.1, 0.15) is 32.8 Å². The van der Waals surface area contributed by atoms with Crippen molar-refractivity contribution in [3.63, 3.8) is 0 Å². The summed E-state index contributed by atoms with van der Waals surface area (Å²) < 4.78 is 5.38. The molecule has 0 spiro atoms. The zero-order chi connectivity index (χ0) is 16.2. The smallest absolute Gasteiger partial charge is 0.409 e. The first-order valence-electron chi connectivity index (χ1n) is 7.28. The lowest BCUT2D eigenvalue weighted by Crippen LogP contribution is -2.51. The molecule has 0 unspecified atom stereocenters. The number of rotatable bonds is 2. The third-order valence-corrected chi connectivity index (χ3v) is 4.54. The van der Waals surface area contributed by atoms with Gasteiger partial charge in [0.2, 0.25) is 5.91 Å². The van der Waals surface area contributed by atoms with Crippen LogP contribution in [0.5, 0.6) is 0 Å². The SMILES string of the molecule is CC(C)(C)OC(=O)N[C@@]1(c2ccccc2)CNC(=O)CCS1. The van der Waals surface area contributed by atoms with Gasteiger partial charge in [-0.2, -0.15) is 0 Å². The fraction of sp³-hybridized carbons (Fsp3) is 0.500. The lowest BCUT2D eigenvalue weighted by atomic mass is 10.1.